The van der Waals surface area contributed by atoms with E-state index in [4.69, 9.17) is 28.5 Å². The van der Waals surface area contributed by atoms with Crippen LogP contribution in [0.1, 0.15) is 0 Å². The highest BCUT2D eigenvalue weighted by Gasteiger charge is 2.17. The summed E-state index contributed by atoms with van der Waals surface area (Å²) in [5.41, 5.74) is -0.217. The van der Waals surface area contributed by atoms with Gasteiger partial charge in [-0.1, -0.05) is 23.2 Å². The zero-order chi connectivity index (χ0) is 10.7. The SMILES string of the molecule is N#CSc1cc(Cl)c(Cl)cc1[N+](=O)[O-]. The van der Waals surface area contributed by atoms with Crippen molar-refractivity contribution in [1.82, 2.24) is 0 Å². The lowest BCUT2D eigenvalue weighted by atomic mass is 10.3. The lowest BCUT2D eigenvalue weighted by molar-refractivity contribution is -0.387. The van der Waals surface area contributed by atoms with Crippen molar-refractivity contribution >= 4 is 40.7 Å². The Hall–Kier alpha value is -0.960. The second kappa shape index (κ2) is 4.51. The number of thioether (sulfide) groups is 1. The average Bonchev–Trinajstić information content (AvgIpc) is 2.11. The molecule has 0 aliphatic heterocycles. The van der Waals surface area contributed by atoms with Crippen molar-refractivity contribution in [3.63, 3.8) is 0 Å². The van der Waals surface area contributed by atoms with Crippen molar-refractivity contribution in [3.8, 4) is 5.40 Å². The number of benzene rings is 1. The number of rotatable bonds is 2. The Morgan fingerprint density at radius 3 is 2.50 bits per heavy atom. The summed E-state index contributed by atoms with van der Waals surface area (Å²) in [5, 5.41) is 21.0. The van der Waals surface area contributed by atoms with E-state index in [9.17, 15) is 10.1 Å². The fraction of sp³-hybridized carbons (Fsp3) is 0. The first-order chi connectivity index (χ1) is 6.56. The molecule has 0 atom stereocenters. The molecule has 0 amide bonds. The van der Waals surface area contributed by atoms with Gasteiger partial charge in [0.25, 0.3) is 5.69 Å². The van der Waals surface area contributed by atoms with E-state index in [2.05, 4.69) is 0 Å². The summed E-state index contributed by atoms with van der Waals surface area (Å²) in [6.07, 6.45) is 0. The van der Waals surface area contributed by atoms with Crippen LogP contribution in [0.15, 0.2) is 17.0 Å². The topological polar surface area (TPSA) is 66.9 Å². The van der Waals surface area contributed by atoms with Crippen LogP contribution >= 0.6 is 35.0 Å². The Bertz CT molecular complexity index is 430. The number of thiocyanates is 1. The quantitative estimate of drug-likeness (QED) is 0.348. The van der Waals surface area contributed by atoms with E-state index in [0.29, 0.717) is 11.8 Å². The number of hydrogen-bond acceptors (Lipinski definition) is 4. The van der Waals surface area contributed by atoms with Gasteiger partial charge >= 0.3 is 0 Å². The van der Waals surface area contributed by atoms with Crippen LogP contribution in [-0.4, -0.2) is 4.92 Å². The predicted molar refractivity (Wildman–Crippen MR) is 54.6 cm³/mol. The molecule has 0 radical (unpaired) electrons. The van der Waals surface area contributed by atoms with Gasteiger partial charge in [-0.15, -0.1) is 0 Å². The van der Waals surface area contributed by atoms with Crippen molar-refractivity contribution in [1.29, 1.82) is 5.26 Å². The van der Waals surface area contributed by atoms with E-state index < -0.39 is 4.92 Å². The summed E-state index contributed by atoms with van der Waals surface area (Å²) in [7, 11) is 0. The summed E-state index contributed by atoms with van der Waals surface area (Å²) >= 11 is 11.9. The standard InChI is InChI=1S/C7H2Cl2N2O2S/c8-4-1-6(11(12)13)7(14-3-10)2-5(4)9/h1-2H. The molecule has 0 aliphatic rings. The molecule has 4 nitrogen and oxygen atoms in total. The third kappa shape index (κ3) is 2.29. The molecular formula is C7H2Cl2N2O2S. The second-order valence-corrected chi connectivity index (χ2v) is 3.83. The van der Waals surface area contributed by atoms with Gasteiger partial charge in [-0.05, 0) is 17.8 Å². The fourth-order valence-corrected chi connectivity index (χ4v) is 1.69. The lowest BCUT2D eigenvalue weighted by Gasteiger charge is -1.99. The maximum Gasteiger partial charge on any atom is 0.285 e. The molecule has 1 aromatic carbocycles. The van der Waals surface area contributed by atoms with Gasteiger partial charge in [0.2, 0.25) is 0 Å². The minimum Gasteiger partial charge on any atom is -0.258 e. The normalized spacial score (nSPS) is 9.50. The molecule has 0 spiro atoms. The van der Waals surface area contributed by atoms with Crippen LogP contribution in [0.25, 0.3) is 0 Å². The fourth-order valence-electron chi connectivity index (χ4n) is 0.792. The highest BCUT2D eigenvalue weighted by Crippen LogP contribution is 2.35. The molecule has 0 aliphatic carbocycles. The number of halogens is 2. The van der Waals surface area contributed by atoms with Crippen molar-refractivity contribution in [2.24, 2.45) is 0 Å². The van der Waals surface area contributed by atoms with E-state index in [-0.39, 0.29) is 20.6 Å². The van der Waals surface area contributed by atoms with E-state index in [1.165, 1.54) is 6.07 Å². The highest BCUT2D eigenvalue weighted by molar-refractivity contribution is 8.03. The molecule has 0 unspecified atom stereocenters. The van der Waals surface area contributed by atoms with Crippen LogP contribution in [0.3, 0.4) is 0 Å². The van der Waals surface area contributed by atoms with Crippen LogP contribution in [0.4, 0.5) is 5.69 Å². The first-order valence-corrected chi connectivity index (χ1v) is 4.83. The number of nitriles is 1. The van der Waals surface area contributed by atoms with Crippen LogP contribution in [-0.2, 0) is 0 Å². The lowest BCUT2D eigenvalue weighted by Crippen LogP contribution is -1.90. The maximum absolute atomic E-state index is 10.5. The van der Waals surface area contributed by atoms with Crippen molar-refractivity contribution in [2.75, 3.05) is 0 Å². The van der Waals surface area contributed by atoms with Gasteiger partial charge in [-0.2, -0.15) is 5.26 Å². The number of nitro benzene ring substituents is 1. The monoisotopic (exact) mass is 248 g/mol. The van der Waals surface area contributed by atoms with Gasteiger partial charge in [0.1, 0.15) is 10.3 Å². The van der Waals surface area contributed by atoms with Gasteiger partial charge in [-0.3, -0.25) is 10.1 Å². The van der Waals surface area contributed by atoms with Gasteiger partial charge in [0, 0.05) is 6.07 Å². The molecule has 0 saturated carbocycles. The minimum absolute atomic E-state index is 0.0978. The number of hydrogen-bond donors (Lipinski definition) is 0. The van der Waals surface area contributed by atoms with Gasteiger partial charge < -0.3 is 0 Å². The molecule has 72 valence electrons. The molecule has 7 heteroatoms. The molecule has 0 fully saturated rings. The first-order valence-electron chi connectivity index (χ1n) is 3.25. The molecule has 0 saturated heterocycles. The summed E-state index contributed by atoms with van der Waals surface area (Å²) in [5.74, 6) is 0. The Morgan fingerprint density at radius 1 is 1.43 bits per heavy atom. The highest BCUT2D eigenvalue weighted by atomic mass is 35.5. The maximum atomic E-state index is 10.5. The Labute approximate surface area is 93.6 Å². The van der Waals surface area contributed by atoms with Gasteiger partial charge in [-0.25, -0.2) is 0 Å². The zero-order valence-electron chi connectivity index (χ0n) is 6.53. The summed E-state index contributed by atoms with van der Waals surface area (Å²) in [6, 6.07) is 2.43. The van der Waals surface area contributed by atoms with E-state index in [1.54, 1.807) is 5.40 Å². The van der Waals surface area contributed by atoms with Gasteiger partial charge in [0.15, 0.2) is 0 Å². The Kier molecular flexibility index (Phi) is 3.58. The van der Waals surface area contributed by atoms with Crippen LogP contribution in [0.5, 0.6) is 0 Å². The predicted octanol–water partition coefficient (Wildman–Crippen LogP) is 3.47. The van der Waals surface area contributed by atoms with Crippen LogP contribution in [0, 0.1) is 20.8 Å². The molecule has 0 heterocycles. The molecule has 1 aromatic rings. The summed E-state index contributed by atoms with van der Waals surface area (Å²) < 4.78 is 0. The first kappa shape index (κ1) is 11.1. The molecule has 1 rings (SSSR count). The Morgan fingerprint density at radius 2 is 2.00 bits per heavy atom. The number of nitro groups is 1. The van der Waals surface area contributed by atoms with Crippen molar-refractivity contribution in [2.45, 2.75) is 4.90 Å². The second-order valence-electron chi connectivity index (χ2n) is 2.18. The minimum atomic E-state index is -0.609. The van der Waals surface area contributed by atoms with Crippen LogP contribution in [0.2, 0.25) is 10.0 Å². The molecule has 0 N–H and O–H groups in total. The average molecular weight is 249 g/mol. The molecule has 14 heavy (non-hydrogen) atoms. The third-order valence-corrected chi connectivity index (χ3v) is 2.71. The third-order valence-electron chi connectivity index (χ3n) is 1.35. The van der Waals surface area contributed by atoms with E-state index in [0.717, 1.165) is 6.07 Å². The molecule has 0 aromatic heterocycles. The smallest absolute Gasteiger partial charge is 0.258 e. The zero-order valence-corrected chi connectivity index (χ0v) is 8.86. The molecule has 0 bridgehead atoms. The van der Waals surface area contributed by atoms with Crippen molar-refractivity contribution < 1.29 is 4.92 Å². The van der Waals surface area contributed by atoms with Gasteiger partial charge in [0.05, 0.1) is 15.0 Å². The van der Waals surface area contributed by atoms with Crippen LogP contribution < -0.4 is 0 Å². The number of nitrogens with zero attached hydrogens (tertiary/aromatic N) is 2. The summed E-state index contributed by atoms with van der Waals surface area (Å²) in [4.78, 5) is 10.1. The Balaban J connectivity index is 3.32. The van der Waals surface area contributed by atoms with E-state index >= 15 is 0 Å². The largest absolute Gasteiger partial charge is 0.285 e. The molecular weight excluding hydrogens is 247 g/mol. The summed E-state index contributed by atoms with van der Waals surface area (Å²) in [6.45, 7) is 0. The van der Waals surface area contributed by atoms with E-state index in [1.807, 2.05) is 0 Å². The van der Waals surface area contributed by atoms with Crippen molar-refractivity contribution in [3.05, 3.63) is 32.3 Å².